The third kappa shape index (κ3) is 1.35. The molecule has 0 spiro atoms. The number of hydrogen-bond acceptors (Lipinski definition) is 5. The van der Waals surface area contributed by atoms with E-state index < -0.39 is 22.9 Å². The van der Waals surface area contributed by atoms with E-state index in [1.807, 2.05) is 0 Å². The SMILES string of the molecule is O=C1OC(C(=O)[N+](=O)[O-])c2ccccc21. The number of ether oxygens (including phenoxy) is 1. The summed E-state index contributed by atoms with van der Waals surface area (Å²) in [6, 6.07) is 6.11. The number of amides is 1. The first-order valence-corrected chi connectivity index (χ1v) is 4.09. The number of hydrogen-bond donors (Lipinski definition) is 0. The van der Waals surface area contributed by atoms with E-state index in [0.29, 0.717) is 0 Å². The number of rotatable bonds is 1. The predicted molar refractivity (Wildman–Crippen MR) is 46.6 cm³/mol. The fraction of sp³-hybridized carbons (Fsp3) is 0.111. The van der Waals surface area contributed by atoms with Crippen LogP contribution in [-0.2, 0) is 9.53 Å². The van der Waals surface area contributed by atoms with Crippen LogP contribution in [-0.4, -0.2) is 16.8 Å². The van der Waals surface area contributed by atoms with Crippen molar-refractivity contribution < 1.29 is 19.2 Å². The second kappa shape index (κ2) is 3.16. The van der Waals surface area contributed by atoms with Gasteiger partial charge in [-0.3, -0.25) is 10.1 Å². The van der Waals surface area contributed by atoms with E-state index in [1.54, 1.807) is 12.1 Å². The highest BCUT2D eigenvalue weighted by Gasteiger charge is 2.42. The standard InChI is InChI=1S/C9H5NO5/c11-8(10(13)14)7-5-3-1-2-4-6(5)9(12)15-7/h1-4,7H. The lowest BCUT2D eigenvalue weighted by molar-refractivity contribution is -0.408. The third-order valence-electron chi connectivity index (χ3n) is 2.09. The summed E-state index contributed by atoms with van der Waals surface area (Å²) in [4.78, 5) is 31.5. The minimum atomic E-state index is -1.40. The van der Waals surface area contributed by atoms with E-state index in [2.05, 4.69) is 4.74 Å². The second-order valence-corrected chi connectivity index (χ2v) is 2.97. The van der Waals surface area contributed by atoms with Crippen LogP contribution in [0.3, 0.4) is 0 Å². The van der Waals surface area contributed by atoms with Crippen molar-refractivity contribution in [1.82, 2.24) is 0 Å². The van der Waals surface area contributed by atoms with Crippen LogP contribution in [0, 0.1) is 10.1 Å². The fourth-order valence-corrected chi connectivity index (χ4v) is 1.42. The number of esters is 1. The van der Waals surface area contributed by atoms with E-state index in [9.17, 15) is 19.7 Å². The van der Waals surface area contributed by atoms with Gasteiger partial charge in [0.1, 0.15) is 4.92 Å². The Kier molecular flexibility index (Phi) is 1.96. The lowest BCUT2D eigenvalue weighted by atomic mass is 10.1. The summed E-state index contributed by atoms with van der Waals surface area (Å²) < 4.78 is 4.62. The van der Waals surface area contributed by atoms with Gasteiger partial charge in [0.2, 0.25) is 0 Å². The Hall–Kier alpha value is -2.24. The first kappa shape index (κ1) is 9.32. The summed E-state index contributed by atoms with van der Waals surface area (Å²) in [5, 5.41) is 10.3. The lowest BCUT2D eigenvalue weighted by Crippen LogP contribution is -2.20. The van der Waals surface area contributed by atoms with Crippen molar-refractivity contribution in [3.63, 3.8) is 0 Å². The van der Waals surface area contributed by atoms with Gasteiger partial charge in [0.15, 0.2) is 0 Å². The molecule has 0 aromatic heterocycles. The molecule has 1 aromatic carbocycles. The summed E-state index contributed by atoms with van der Waals surface area (Å²) in [5.74, 6) is -2.03. The molecule has 1 aromatic rings. The number of nitrogens with zero attached hydrogens (tertiary/aromatic N) is 1. The van der Waals surface area contributed by atoms with Crippen LogP contribution < -0.4 is 0 Å². The van der Waals surface area contributed by atoms with Crippen molar-refractivity contribution in [3.05, 3.63) is 45.5 Å². The maximum atomic E-state index is 11.2. The number of fused-ring (bicyclic) bond motifs is 1. The summed E-state index contributed by atoms with van der Waals surface area (Å²) in [6.45, 7) is 0. The van der Waals surface area contributed by atoms with Crippen LogP contribution in [0.1, 0.15) is 22.0 Å². The van der Waals surface area contributed by atoms with E-state index in [0.717, 1.165) is 0 Å². The summed E-state index contributed by atoms with van der Waals surface area (Å²) in [6.07, 6.45) is -1.40. The molecule has 1 aliphatic heterocycles. The number of carbonyl (C=O) groups excluding carboxylic acids is 2. The van der Waals surface area contributed by atoms with Crippen LogP contribution in [0.4, 0.5) is 0 Å². The van der Waals surface area contributed by atoms with Gasteiger partial charge in [0.05, 0.1) is 5.56 Å². The Bertz CT molecular complexity index is 467. The molecule has 0 radical (unpaired) electrons. The fourth-order valence-electron chi connectivity index (χ4n) is 1.42. The molecule has 0 bridgehead atoms. The zero-order chi connectivity index (χ0) is 11.0. The van der Waals surface area contributed by atoms with Crippen molar-refractivity contribution in [2.45, 2.75) is 6.10 Å². The van der Waals surface area contributed by atoms with Gasteiger partial charge in [-0.05, 0) is 6.07 Å². The summed E-state index contributed by atoms with van der Waals surface area (Å²) in [5.41, 5.74) is 0.460. The van der Waals surface area contributed by atoms with E-state index in [1.165, 1.54) is 12.1 Å². The van der Waals surface area contributed by atoms with Crippen molar-refractivity contribution >= 4 is 11.9 Å². The second-order valence-electron chi connectivity index (χ2n) is 2.97. The van der Waals surface area contributed by atoms with Crippen LogP contribution in [0.15, 0.2) is 24.3 Å². The number of benzene rings is 1. The molecule has 1 amide bonds. The van der Waals surface area contributed by atoms with Gasteiger partial charge in [-0.25, -0.2) is 9.59 Å². The molecule has 1 aliphatic rings. The van der Waals surface area contributed by atoms with E-state index in [-0.39, 0.29) is 11.1 Å². The molecule has 1 atom stereocenters. The molecule has 1 unspecified atom stereocenters. The molecule has 6 nitrogen and oxygen atoms in total. The molecular formula is C9H5NO5. The molecule has 0 saturated carbocycles. The average molecular weight is 207 g/mol. The molecule has 0 aliphatic carbocycles. The van der Waals surface area contributed by atoms with Gasteiger partial charge >= 0.3 is 11.9 Å². The van der Waals surface area contributed by atoms with Gasteiger partial charge in [-0.1, -0.05) is 18.2 Å². The summed E-state index contributed by atoms with van der Waals surface area (Å²) in [7, 11) is 0. The maximum Gasteiger partial charge on any atom is 0.489 e. The predicted octanol–water partition coefficient (Wildman–Crippen LogP) is 0.701. The monoisotopic (exact) mass is 207 g/mol. The number of cyclic esters (lactones) is 1. The third-order valence-corrected chi connectivity index (χ3v) is 2.09. The normalized spacial score (nSPS) is 18.1. The van der Waals surface area contributed by atoms with E-state index in [4.69, 9.17) is 0 Å². The number of nitro groups is 1. The quantitative estimate of drug-likeness (QED) is 0.384. The van der Waals surface area contributed by atoms with Crippen LogP contribution in [0.5, 0.6) is 0 Å². The topological polar surface area (TPSA) is 86.5 Å². The van der Waals surface area contributed by atoms with Crippen molar-refractivity contribution in [1.29, 1.82) is 0 Å². The zero-order valence-electron chi connectivity index (χ0n) is 7.38. The van der Waals surface area contributed by atoms with Gasteiger partial charge in [-0.15, -0.1) is 0 Å². The Morgan fingerprint density at radius 3 is 2.73 bits per heavy atom. The van der Waals surface area contributed by atoms with Crippen molar-refractivity contribution in [2.75, 3.05) is 0 Å². The van der Waals surface area contributed by atoms with Gasteiger partial charge in [0, 0.05) is 5.56 Å². The van der Waals surface area contributed by atoms with Gasteiger partial charge in [-0.2, -0.15) is 0 Å². The number of carbonyl (C=O) groups is 2. The molecule has 1 heterocycles. The molecule has 2 rings (SSSR count). The first-order valence-electron chi connectivity index (χ1n) is 4.09. The highest BCUT2D eigenvalue weighted by atomic mass is 16.6. The molecule has 0 saturated heterocycles. The minimum absolute atomic E-state index is 0.206. The van der Waals surface area contributed by atoms with Crippen molar-refractivity contribution in [2.24, 2.45) is 0 Å². The Morgan fingerprint density at radius 1 is 1.40 bits per heavy atom. The maximum absolute atomic E-state index is 11.2. The van der Waals surface area contributed by atoms with Crippen LogP contribution in [0.2, 0.25) is 0 Å². The smallest absolute Gasteiger partial charge is 0.438 e. The molecule has 76 valence electrons. The van der Waals surface area contributed by atoms with Crippen molar-refractivity contribution in [3.8, 4) is 0 Å². The first-order chi connectivity index (χ1) is 7.11. The Balaban J connectivity index is 2.45. The molecule has 6 heteroatoms. The van der Waals surface area contributed by atoms with Crippen LogP contribution >= 0.6 is 0 Å². The molecule has 0 N–H and O–H groups in total. The van der Waals surface area contributed by atoms with Gasteiger partial charge < -0.3 is 4.74 Å². The molecule has 0 fully saturated rings. The largest absolute Gasteiger partial charge is 0.489 e. The molecule has 15 heavy (non-hydrogen) atoms. The Labute approximate surface area is 83.6 Å². The molecular weight excluding hydrogens is 202 g/mol. The highest BCUT2D eigenvalue weighted by molar-refractivity contribution is 5.98. The zero-order valence-corrected chi connectivity index (χ0v) is 7.38. The Morgan fingerprint density at radius 2 is 2.07 bits per heavy atom. The average Bonchev–Trinajstić information content (AvgIpc) is 2.56. The minimum Gasteiger partial charge on any atom is -0.438 e. The van der Waals surface area contributed by atoms with E-state index >= 15 is 0 Å². The van der Waals surface area contributed by atoms with Crippen LogP contribution in [0.25, 0.3) is 0 Å². The highest BCUT2D eigenvalue weighted by Crippen LogP contribution is 2.30. The summed E-state index contributed by atoms with van der Waals surface area (Å²) >= 11 is 0. The van der Waals surface area contributed by atoms with Gasteiger partial charge in [0.25, 0.3) is 6.10 Å². The lowest BCUT2D eigenvalue weighted by Gasteiger charge is -2.01.